The lowest BCUT2D eigenvalue weighted by atomic mass is 10.2. The molecule has 0 radical (unpaired) electrons. The second-order valence-electron chi connectivity index (χ2n) is 4.14. The quantitative estimate of drug-likeness (QED) is 0.889. The number of aromatic nitrogens is 1. The third kappa shape index (κ3) is 3.15. The van der Waals surface area contributed by atoms with E-state index in [4.69, 9.17) is 4.42 Å². The summed E-state index contributed by atoms with van der Waals surface area (Å²) in [7, 11) is 0. The van der Waals surface area contributed by atoms with Gasteiger partial charge in [-0.2, -0.15) is 0 Å². The van der Waals surface area contributed by atoms with Crippen LogP contribution >= 0.6 is 11.8 Å². The Morgan fingerprint density at radius 2 is 2.22 bits per heavy atom. The van der Waals surface area contributed by atoms with E-state index < -0.39 is 0 Å². The SMILES string of the molecule is CCNC(C)c1ccc(Sc2ccoc2C)cn1. The fourth-order valence-corrected chi connectivity index (χ4v) is 2.54. The molecule has 0 aromatic carbocycles. The first-order valence-corrected chi connectivity index (χ1v) is 6.93. The predicted octanol–water partition coefficient (Wildman–Crippen LogP) is 3.80. The summed E-state index contributed by atoms with van der Waals surface area (Å²) < 4.78 is 5.28. The van der Waals surface area contributed by atoms with E-state index in [1.54, 1.807) is 18.0 Å². The van der Waals surface area contributed by atoms with Crippen molar-refractivity contribution in [3.8, 4) is 0 Å². The minimum atomic E-state index is 0.296. The van der Waals surface area contributed by atoms with E-state index in [1.807, 2.05) is 19.2 Å². The number of rotatable bonds is 5. The van der Waals surface area contributed by atoms with Crippen LogP contribution in [-0.4, -0.2) is 11.5 Å². The van der Waals surface area contributed by atoms with Crippen molar-refractivity contribution in [3.05, 3.63) is 42.1 Å². The zero-order valence-corrected chi connectivity index (χ0v) is 11.8. The lowest BCUT2D eigenvalue weighted by Crippen LogP contribution is -2.18. The maximum Gasteiger partial charge on any atom is 0.114 e. The van der Waals surface area contributed by atoms with Crippen molar-refractivity contribution in [3.63, 3.8) is 0 Å². The number of hydrogen-bond acceptors (Lipinski definition) is 4. The maximum atomic E-state index is 5.28. The molecule has 0 saturated carbocycles. The van der Waals surface area contributed by atoms with Crippen LogP contribution in [0.4, 0.5) is 0 Å². The molecule has 1 unspecified atom stereocenters. The van der Waals surface area contributed by atoms with Gasteiger partial charge in [0.1, 0.15) is 5.76 Å². The number of nitrogens with one attached hydrogen (secondary N) is 1. The molecule has 18 heavy (non-hydrogen) atoms. The Bertz CT molecular complexity index is 493. The molecule has 2 aromatic heterocycles. The van der Waals surface area contributed by atoms with Crippen LogP contribution in [0, 0.1) is 6.92 Å². The molecule has 0 fully saturated rings. The first kappa shape index (κ1) is 13.2. The Morgan fingerprint density at radius 3 is 2.78 bits per heavy atom. The van der Waals surface area contributed by atoms with Crippen LogP contribution in [0.2, 0.25) is 0 Å². The molecule has 2 aromatic rings. The summed E-state index contributed by atoms with van der Waals surface area (Å²) in [4.78, 5) is 6.77. The predicted molar refractivity (Wildman–Crippen MR) is 73.9 cm³/mol. The highest BCUT2D eigenvalue weighted by Crippen LogP contribution is 2.30. The van der Waals surface area contributed by atoms with Crippen LogP contribution in [-0.2, 0) is 0 Å². The van der Waals surface area contributed by atoms with Gasteiger partial charge in [0, 0.05) is 17.1 Å². The Morgan fingerprint density at radius 1 is 1.39 bits per heavy atom. The smallest absolute Gasteiger partial charge is 0.114 e. The van der Waals surface area contributed by atoms with Gasteiger partial charge in [-0.05, 0) is 38.6 Å². The molecule has 0 saturated heterocycles. The van der Waals surface area contributed by atoms with Crippen LogP contribution in [0.1, 0.15) is 31.3 Å². The summed E-state index contributed by atoms with van der Waals surface area (Å²) in [5, 5.41) is 3.35. The van der Waals surface area contributed by atoms with Crippen molar-refractivity contribution in [2.24, 2.45) is 0 Å². The van der Waals surface area contributed by atoms with Crippen molar-refractivity contribution in [2.45, 2.75) is 36.6 Å². The molecule has 1 N–H and O–H groups in total. The van der Waals surface area contributed by atoms with Crippen molar-refractivity contribution >= 4 is 11.8 Å². The molecule has 0 aliphatic heterocycles. The molecular weight excluding hydrogens is 244 g/mol. The van der Waals surface area contributed by atoms with Crippen LogP contribution in [0.15, 0.2) is 44.9 Å². The molecule has 2 rings (SSSR count). The second-order valence-corrected chi connectivity index (χ2v) is 5.26. The minimum Gasteiger partial charge on any atom is -0.468 e. The van der Waals surface area contributed by atoms with Crippen LogP contribution in [0.25, 0.3) is 0 Å². The van der Waals surface area contributed by atoms with E-state index in [0.717, 1.165) is 27.8 Å². The summed E-state index contributed by atoms with van der Waals surface area (Å²) in [6.45, 7) is 7.15. The third-order valence-electron chi connectivity index (χ3n) is 2.75. The number of nitrogens with zero attached hydrogens (tertiary/aromatic N) is 1. The topological polar surface area (TPSA) is 38.1 Å². The van der Waals surface area contributed by atoms with Crippen molar-refractivity contribution in [1.82, 2.24) is 10.3 Å². The van der Waals surface area contributed by atoms with Gasteiger partial charge in [-0.25, -0.2) is 0 Å². The van der Waals surface area contributed by atoms with Gasteiger partial charge < -0.3 is 9.73 Å². The molecule has 0 amide bonds. The number of hydrogen-bond donors (Lipinski definition) is 1. The Labute approximate surface area is 112 Å². The van der Waals surface area contributed by atoms with Crippen molar-refractivity contribution < 1.29 is 4.42 Å². The van der Waals surface area contributed by atoms with E-state index in [2.05, 4.69) is 36.3 Å². The van der Waals surface area contributed by atoms with Gasteiger partial charge in [-0.15, -0.1) is 0 Å². The summed E-state index contributed by atoms with van der Waals surface area (Å²) >= 11 is 1.68. The normalized spacial score (nSPS) is 12.6. The lowest BCUT2D eigenvalue weighted by molar-refractivity contribution is 0.527. The minimum absolute atomic E-state index is 0.296. The van der Waals surface area contributed by atoms with Crippen LogP contribution < -0.4 is 5.32 Å². The third-order valence-corrected chi connectivity index (χ3v) is 3.87. The van der Waals surface area contributed by atoms with Gasteiger partial charge in [-0.3, -0.25) is 4.98 Å². The second kappa shape index (κ2) is 6.07. The van der Waals surface area contributed by atoms with Crippen LogP contribution in [0.3, 0.4) is 0 Å². The average molecular weight is 262 g/mol. The van der Waals surface area contributed by atoms with E-state index in [9.17, 15) is 0 Å². The van der Waals surface area contributed by atoms with Crippen molar-refractivity contribution in [2.75, 3.05) is 6.54 Å². The van der Waals surface area contributed by atoms with Gasteiger partial charge >= 0.3 is 0 Å². The Balaban J connectivity index is 2.06. The highest BCUT2D eigenvalue weighted by Gasteiger charge is 2.07. The zero-order valence-electron chi connectivity index (χ0n) is 10.9. The molecule has 1 atom stereocenters. The number of pyridine rings is 1. The summed E-state index contributed by atoms with van der Waals surface area (Å²) in [5.41, 5.74) is 1.07. The van der Waals surface area contributed by atoms with Gasteiger partial charge in [0.25, 0.3) is 0 Å². The molecule has 4 heteroatoms. The highest BCUT2D eigenvalue weighted by molar-refractivity contribution is 7.99. The Kier molecular flexibility index (Phi) is 4.44. The molecule has 0 spiro atoms. The molecule has 0 aliphatic rings. The standard InChI is InChI=1S/C14H18N2OS/c1-4-15-10(2)13-6-5-12(9-16-13)18-14-7-8-17-11(14)3/h5-10,15H,4H2,1-3H3. The average Bonchev–Trinajstić information content (AvgIpc) is 2.76. The summed E-state index contributed by atoms with van der Waals surface area (Å²) in [6.07, 6.45) is 3.63. The summed E-state index contributed by atoms with van der Waals surface area (Å²) in [6, 6.07) is 6.46. The number of furan rings is 1. The fourth-order valence-electron chi connectivity index (χ4n) is 1.73. The van der Waals surface area contributed by atoms with E-state index in [-0.39, 0.29) is 0 Å². The van der Waals surface area contributed by atoms with Gasteiger partial charge in [0.2, 0.25) is 0 Å². The van der Waals surface area contributed by atoms with Gasteiger partial charge in [-0.1, -0.05) is 18.7 Å². The molecule has 2 heterocycles. The van der Waals surface area contributed by atoms with E-state index in [0.29, 0.717) is 6.04 Å². The van der Waals surface area contributed by atoms with Gasteiger partial charge in [0.05, 0.1) is 16.9 Å². The fraction of sp³-hybridized carbons (Fsp3) is 0.357. The maximum absolute atomic E-state index is 5.28. The molecule has 0 bridgehead atoms. The molecule has 96 valence electrons. The van der Waals surface area contributed by atoms with E-state index >= 15 is 0 Å². The first-order chi connectivity index (χ1) is 8.70. The molecular formula is C14H18N2OS. The van der Waals surface area contributed by atoms with Crippen LogP contribution in [0.5, 0.6) is 0 Å². The molecule has 0 aliphatic carbocycles. The zero-order chi connectivity index (χ0) is 13.0. The van der Waals surface area contributed by atoms with Gasteiger partial charge in [0.15, 0.2) is 0 Å². The Hall–Kier alpha value is -1.26. The number of aryl methyl sites for hydroxylation is 1. The van der Waals surface area contributed by atoms with Crippen molar-refractivity contribution in [1.29, 1.82) is 0 Å². The highest BCUT2D eigenvalue weighted by atomic mass is 32.2. The summed E-state index contributed by atoms with van der Waals surface area (Å²) in [5.74, 6) is 0.949. The largest absolute Gasteiger partial charge is 0.468 e. The first-order valence-electron chi connectivity index (χ1n) is 6.12. The van der Waals surface area contributed by atoms with E-state index in [1.165, 1.54) is 0 Å². The lowest BCUT2D eigenvalue weighted by Gasteiger charge is -2.11. The molecule has 3 nitrogen and oxygen atoms in total. The monoisotopic (exact) mass is 262 g/mol.